The predicted octanol–water partition coefficient (Wildman–Crippen LogP) is 2.87. The van der Waals surface area contributed by atoms with Crippen LogP contribution in [0.2, 0.25) is 5.02 Å². The maximum atomic E-state index is 6.12. The monoisotopic (exact) mass is 383 g/mol. The van der Waals surface area contributed by atoms with E-state index >= 15 is 0 Å². The Labute approximate surface area is 163 Å². The van der Waals surface area contributed by atoms with Crippen molar-refractivity contribution in [1.82, 2.24) is 14.7 Å². The first-order valence-corrected chi connectivity index (χ1v) is 9.58. The van der Waals surface area contributed by atoms with Crippen LogP contribution in [-0.2, 0) is 0 Å². The van der Waals surface area contributed by atoms with Gasteiger partial charge in [0.2, 0.25) is 0 Å². The van der Waals surface area contributed by atoms with Crippen molar-refractivity contribution < 1.29 is 4.42 Å². The van der Waals surface area contributed by atoms with Gasteiger partial charge in [0.25, 0.3) is 0 Å². The molecular weight excluding hydrogens is 362 g/mol. The minimum atomic E-state index is -0.0427. The van der Waals surface area contributed by atoms with Gasteiger partial charge in [0, 0.05) is 24.7 Å². The van der Waals surface area contributed by atoms with Gasteiger partial charge in [-0.15, -0.1) is 0 Å². The molecule has 4 aliphatic rings. The normalized spacial score (nSPS) is 32.5. The van der Waals surface area contributed by atoms with Crippen LogP contribution in [0.5, 0.6) is 0 Å². The number of hydrogen-bond donors (Lipinski definition) is 0. The number of hydrogen-bond acceptors (Lipinski definition) is 6. The van der Waals surface area contributed by atoms with Crippen molar-refractivity contribution in [2.24, 2.45) is 15.6 Å². The molecular formula is C20H22ClN5O. The molecule has 0 atom stereocenters. The molecule has 4 aliphatic heterocycles. The van der Waals surface area contributed by atoms with Gasteiger partial charge in [-0.3, -0.25) is 14.7 Å². The molecule has 140 valence electrons. The van der Waals surface area contributed by atoms with E-state index < -0.39 is 0 Å². The Morgan fingerprint density at radius 3 is 2.19 bits per heavy atom. The van der Waals surface area contributed by atoms with E-state index in [0.717, 1.165) is 61.7 Å². The van der Waals surface area contributed by atoms with Crippen molar-refractivity contribution in [3.8, 4) is 0 Å². The maximum absolute atomic E-state index is 6.12. The summed E-state index contributed by atoms with van der Waals surface area (Å²) in [6.07, 6.45) is 1.68. The molecule has 4 saturated heterocycles. The molecule has 1 aromatic heterocycles. The summed E-state index contributed by atoms with van der Waals surface area (Å²) in [5.74, 6) is 1.58. The summed E-state index contributed by atoms with van der Waals surface area (Å²) in [4.78, 5) is 7.46. The fourth-order valence-corrected chi connectivity index (χ4v) is 4.81. The zero-order chi connectivity index (χ0) is 18.4. The van der Waals surface area contributed by atoms with Crippen LogP contribution in [0.4, 0.5) is 0 Å². The third-order valence-electron chi connectivity index (χ3n) is 5.50. The van der Waals surface area contributed by atoms with Gasteiger partial charge in [-0.1, -0.05) is 23.7 Å². The Kier molecular flexibility index (Phi) is 4.16. The highest BCUT2D eigenvalue weighted by molar-refractivity contribution is 6.30. The van der Waals surface area contributed by atoms with Gasteiger partial charge < -0.3 is 4.42 Å². The van der Waals surface area contributed by atoms with E-state index in [0.29, 0.717) is 5.76 Å². The summed E-state index contributed by atoms with van der Waals surface area (Å²) < 4.78 is 5.58. The van der Waals surface area contributed by atoms with Gasteiger partial charge in [0.05, 0.1) is 37.3 Å². The van der Waals surface area contributed by atoms with Crippen molar-refractivity contribution in [1.29, 1.82) is 0 Å². The molecule has 0 unspecified atom stereocenters. The molecule has 0 saturated carbocycles. The van der Waals surface area contributed by atoms with Gasteiger partial charge in [-0.05, 0) is 36.8 Å². The first-order chi connectivity index (χ1) is 13.1. The topological polar surface area (TPSA) is 47.6 Å². The number of nitrogens with zero attached hydrogens (tertiary/aromatic N) is 5. The van der Waals surface area contributed by atoms with Crippen molar-refractivity contribution >= 4 is 23.5 Å². The highest BCUT2D eigenvalue weighted by atomic mass is 35.5. The van der Waals surface area contributed by atoms with E-state index in [2.05, 4.69) is 19.8 Å². The van der Waals surface area contributed by atoms with Crippen molar-refractivity contribution in [3.05, 3.63) is 58.5 Å². The second-order valence-corrected chi connectivity index (χ2v) is 8.28. The van der Waals surface area contributed by atoms with E-state index in [9.17, 15) is 0 Å². The van der Waals surface area contributed by atoms with Gasteiger partial charge in [-0.25, -0.2) is 0 Å². The Balaban J connectivity index is 1.53. The van der Waals surface area contributed by atoms with Crippen molar-refractivity contribution in [3.63, 3.8) is 0 Å². The average molecular weight is 384 g/mol. The SMILES string of the molecule is Cc1ccc(/C=N\N=C(/c2ccc(Cl)cc2)C23CN4CN(CN(C4)C2)C3)o1. The summed E-state index contributed by atoms with van der Waals surface area (Å²) in [6, 6.07) is 11.8. The van der Waals surface area contributed by atoms with Gasteiger partial charge in [0.15, 0.2) is 0 Å². The Bertz CT molecular complexity index is 866. The molecule has 4 fully saturated rings. The van der Waals surface area contributed by atoms with Gasteiger partial charge in [-0.2, -0.15) is 10.2 Å². The summed E-state index contributed by atoms with van der Waals surface area (Å²) >= 11 is 6.12. The number of furan rings is 1. The summed E-state index contributed by atoms with van der Waals surface area (Å²) in [5.41, 5.74) is 2.06. The fourth-order valence-electron chi connectivity index (χ4n) is 4.69. The Hall–Kier alpha value is -1.99. The van der Waals surface area contributed by atoms with Crippen LogP contribution in [0.25, 0.3) is 0 Å². The van der Waals surface area contributed by atoms with E-state index in [4.69, 9.17) is 21.1 Å². The van der Waals surface area contributed by atoms with Crippen molar-refractivity contribution in [2.45, 2.75) is 6.92 Å². The van der Waals surface area contributed by atoms with E-state index in [1.54, 1.807) is 6.21 Å². The molecule has 4 bridgehead atoms. The standard InChI is InChI=1S/C20H22ClN5O/c1-15-2-7-18(27-15)8-22-23-19(16-3-5-17(21)6-4-16)20-9-24-12-25(10-20)14-26(11-20)13-24/h2-8H,9-14H2,1H3/b22-8-,23-19+. The van der Waals surface area contributed by atoms with Crippen molar-refractivity contribution in [2.75, 3.05) is 39.6 Å². The molecule has 7 heteroatoms. The maximum Gasteiger partial charge on any atom is 0.147 e. The molecule has 0 radical (unpaired) electrons. The minimum Gasteiger partial charge on any atom is -0.460 e. The molecule has 0 N–H and O–H groups in total. The molecule has 5 heterocycles. The van der Waals surface area contributed by atoms with Crippen LogP contribution in [0.15, 0.2) is 51.0 Å². The Morgan fingerprint density at radius 1 is 1.00 bits per heavy atom. The van der Waals surface area contributed by atoms with Crippen LogP contribution in [0.3, 0.4) is 0 Å². The second-order valence-electron chi connectivity index (χ2n) is 7.84. The third-order valence-corrected chi connectivity index (χ3v) is 5.75. The summed E-state index contributed by atoms with van der Waals surface area (Å²) in [5, 5.41) is 9.84. The largest absolute Gasteiger partial charge is 0.460 e. The van der Waals surface area contributed by atoms with Crippen LogP contribution in [0.1, 0.15) is 17.1 Å². The summed E-state index contributed by atoms with van der Waals surface area (Å²) in [7, 11) is 0. The number of halogens is 1. The zero-order valence-corrected chi connectivity index (χ0v) is 16.1. The molecule has 0 spiro atoms. The average Bonchev–Trinajstić information content (AvgIpc) is 3.04. The predicted molar refractivity (Wildman–Crippen MR) is 106 cm³/mol. The molecule has 6 rings (SSSR count). The van der Waals surface area contributed by atoms with Crippen LogP contribution < -0.4 is 0 Å². The van der Waals surface area contributed by atoms with E-state index in [1.165, 1.54) is 0 Å². The van der Waals surface area contributed by atoms with Crippen LogP contribution in [-0.4, -0.2) is 66.3 Å². The molecule has 27 heavy (non-hydrogen) atoms. The van der Waals surface area contributed by atoms with Crippen LogP contribution >= 0.6 is 11.6 Å². The number of aryl methyl sites for hydroxylation is 1. The third kappa shape index (κ3) is 3.23. The molecule has 0 amide bonds. The minimum absolute atomic E-state index is 0.0427. The number of benzene rings is 1. The van der Waals surface area contributed by atoms with E-state index in [-0.39, 0.29) is 5.41 Å². The lowest BCUT2D eigenvalue weighted by atomic mass is 9.74. The summed E-state index contributed by atoms with van der Waals surface area (Å²) in [6.45, 7) is 8.08. The first-order valence-electron chi connectivity index (χ1n) is 9.21. The first kappa shape index (κ1) is 17.1. The zero-order valence-electron chi connectivity index (χ0n) is 15.3. The van der Waals surface area contributed by atoms with Crippen LogP contribution in [0, 0.1) is 12.3 Å². The lowest BCUT2D eigenvalue weighted by molar-refractivity contribution is -0.149. The molecule has 2 aromatic rings. The lowest BCUT2D eigenvalue weighted by Crippen LogP contribution is -2.74. The molecule has 6 nitrogen and oxygen atoms in total. The highest BCUT2D eigenvalue weighted by Crippen LogP contribution is 2.38. The quantitative estimate of drug-likeness (QED) is 0.601. The fraction of sp³-hybridized carbons (Fsp3) is 0.400. The second kappa shape index (κ2) is 6.56. The number of rotatable bonds is 4. The van der Waals surface area contributed by atoms with E-state index in [1.807, 2.05) is 43.3 Å². The molecule has 0 aliphatic carbocycles. The Morgan fingerprint density at radius 2 is 1.63 bits per heavy atom. The highest BCUT2D eigenvalue weighted by Gasteiger charge is 2.51. The van der Waals surface area contributed by atoms with Gasteiger partial charge in [0.1, 0.15) is 11.5 Å². The van der Waals surface area contributed by atoms with Gasteiger partial charge >= 0.3 is 0 Å². The lowest BCUT2D eigenvalue weighted by Gasteiger charge is -2.60. The smallest absolute Gasteiger partial charge is 0.147 e. The molecule has 1 aromatic carbocycles.